The molecule has 1 aliphatic rings. The normalized spacial score (nSPS) is 20.3. The fourth-order valence-electron chi connectivity index (χ4n) is 3.49. The lowest BCUT2D eigenvalue weighted by atomic mass is 10.1. The summed E-state index contributed by atoms with van der Waals surface area (Å²) >= 11 is 4.56. The number of nitrogens with zero attached hydrogens (tertiary/aromatic N) is 1. The average Bonchev–Trinajstić information content (AvgIpc) is 2.98. The summed E-state index contributed by atoms with van der Waals surface area (Å²) in [5.41, 5.74) is 1.19. The summed E-state index contributed by atoms with van der Waals surface area (Å²) in [6.45, 7) is 6.56. The van der Waals surface area contributed by atoms with E-state index in [4.69, 9.17) is 0 Å². The number of nitrogens with one attached hydrogen (secondary N) is 1. The molecule has 0 aromatic heterocycles. The van der Waals surface area contributed by atoms with Crippen molar-refractivity contribution in [1.82, 2.24) is 10.2 Å². The van der Waals surface area contributed by atoms with E-state index in [1.165, 1.54) is 16.3 Å². The first-order valence-electron chi connectivity index (χ1n) is 9.18. The molecule has 2 aromatic rings. The van der Waals surface area contributed by atoms with Gasteiger partial charge in [-0.3, -0.25) is 4.79 Å². The van der Waals surface area contributed by atoms with Crippen molar-refractivity contribution in [3.8, 4) is 0 Å². The van der Waals surface area contributed by atoms with Crippen LogP contribution in [0.4, 0.5) is 0 Å². The van der Waals surface area contributed by atoms with Crippen LogP contribution in [0.5, 0.6) is 0 Å². The molecule has 1 aliphatic heterocycles. The van der Waals surface area contributed by atoms with Gasteiger partial charge in [-0.2, -0.15) is 12.6 Å². The molecule has 0 radical (unpaired) electrons. The summed E-state index contributed by atoms with van der Waals surface area (Å²) in [7, 11) is 0. The van der Waals surface area contributed by atoms with Crippen LogP contribution in [0, 0.1) is 5.92 Å². The van der Waals surface area contributed by atoms with E-state index in [1.54, 1.807) is 0 Å². The van der Waals surface area contributed by atoms with Gasteiger partial charge in [0, 0.05) is 37.3 Å². The number of amides is 1. The monoisotopic (exact) mass is 356 g/mol. The van der Waals surface area contributed by atoms with Crippen LogP contribution in [0.25, 0.3) is 10.8 Å². The van der Waals surface area contributed by atoms with Gasteiger partial charge in [0.2, 0.25) is 5.91 Å². The Bertz CT molecular complexity index is 731. The van der Waals surface area contributed by atoms with Crippen molar-refractivity contribution in [3.63, 3.8) is 0 Å². The zero-order chi connectivity index (χ0) is 17.8. The molecular weight excluding hydrogens is 328 g/mol. The smallest absolute Gasteiger partial charge is 0.223 e. The number of rotatable bonds is 6. The van der Waals surface area contributed by atoms with E-state index in [9.17, 15) is 4.79 Å². The molecule has 0 bridgehead atoms. The molecule has 2 aromatic carbocycles. The maximum Gasteiger partial charge on any atom is 0.223 e. The highest BCUT2D eigenvalue weighted by Crippen LogP contribution is 2.19. The molecule has 2 atom stereocenters. The highest BCUT2D eigenvalue weighted by Gasteiger charge is 2.25. The van der Waals surface area contributed by atoms with Gasteiger partial charge in [-0.25, -0.2) is 0 Å². The maximum absolute atomic E-state index is 12.8. The third-order valence-corrected chi connectivity index (χ3v) is 5.16. The molecule has 3 rings (SSSR count). The lowest BCUT2D eigenvalue weighted by Gasteiger charge is -2.27. The second kappa shape index (κ2) is 8.24. The fraction of sp³-hybridized carbons (Fsp3) is 0.476. The molecule has 1 amide bonds. The Balaban J connectivity index is 1.75. The van der Waals surface area contributed by atoms with Crippen molar-refractivity contribution in [2.45, 2.75) is 44.5 Å². The van der Waals surface area contributed by atoms with E-state index in [2.05, 4.69) is 74.3 Å². The van der Waals surface area contributed by atoms with Gasteiger partial charge in [-0.05, 0) is 34.7 Å². The molecule has 0 spiro atoms. The van der Waals surface area contributed by atoms with Crippen molar-refractivity contribution in [2.24, 2.45) is 5.92 Å². The van der Waals surface area contributed by atoms with Gasteiger partial charge in [-0.1, -0.05) is 50.2 Å². The Labute approximate surface area is 156 Å². The number of benzene rings is 2. The zero-order valence-electron chi connectivity index (χ0n) is 15.1. The minimum Gasteiger partial charge on any atom is -0.337 e. The van der Waals surface area contributed by atoms with Gasteiger partial charge in [0.1, 0.15) is 0 Å². The number of carbonyl (C=O) groups excluding carboxylic acids is 1. The van der Waals surface area contributed by atoms with Crippen LogP contribution in [0.2, 0.25) is 0 Å². The van der Waals surface area contributed by atoms with Crippen molar-refractivity contribution < 1.29 is 4.79 Å². The molecule has 1 fully saturated rings. The standard InChI is InChI=1S/C21H28N2OS/c1-15(2)9-21(24)23(14-19-11-20(25)12-22-19)13-16-7-8-17-5-3-4-6-18(17)10-16/h3-8,10,15,19-20,22,25H,9,11-14H2,1-2H3/t19-,20-/m0/s1. The second-order valence-electron chi connectivity index (χ2n) is 7.55. The van der Waals surface area contributed by atoms with Crippen LogP contribution >= 0.6 is 12.6 Å². The van der Waals surface area contributed by atoms with Crippen LogP contribution in [0.15, 0.2) is 42.5 Å². The SMILES string of the molecule is CC(C)CC(=O)N(Cc1ccc2ccccc2c1)C[C@@H]1C[C@H](S)CN1. The zero-order valence-corrected chi connectivity index (χ0v) is 16.0. The predicted molar refractivity (Wildman–Crippen MR) is 108 cm³/mol. The van der Waals surface area contributed by atoms with Crippen LogP contribution in [-0.4, -0.2) is 35.2 Å². The van der Waals surface area contributed by atoms with Crippen LogP contribution < -0.4 is 5.32 Å². The molecule has 1 heterocycles. The average molecular weight is 357 g/mol. The Morgan fingerprint density at radius 3 is 2.68 bits per heavy atom. The summed E-state index contributed by atoms with van der Waals surface area (Å²) in [6.07, 6.45) is 1.62. The van der Waals surface area contributed by atoms with Crippen molar-refractivity contribution >= 4 is 29.3 Å². The quantitative estimate of drug-likeness (QED) is 0.770. The van der Waals surface area contributed by atoms with Gasteiger partial charge in [0.15, 0.2) is 0 Å². The van der Waals surface area contributed by atoms with E-state index in [-0.39, 0.29) is 5.91 Å². The van der Waals surface area contributed by atoms with E-state index in [1.807, 2.05) is 4.90 Å². The fourth-order valence-corrected chi connectivity index (χ4v) is 3.85. The molecule has 134 valence electrons. The molecule has 1 N–H and O–H groups in total. The Hall–Kier alpha value is -1.52. The van der Waals surface area contributed by atoms with Gasteiger partial charge >= 0.3 is 0 Å². The third kappa shape index (κ3) is 4.99. The molecule has 0 aliphatic carbocycles. The summed E-state index contributed by atoms with van der Waals surface area (Å²) in [5, 5.41) is 6.35. The molecule has 1 saturated heterocycles. The minimum atomic E-state index is 0.243. The molecule has 4 heteroatoms. The van der Waals surface area contributed by atoms with E-state index >= 15 is 0 Å². The predicted octanol–water partition coefficient (Wildman–Crippen LogP) is 3.87. The largest absolute Gasteiger partial charge is 0.337 e. The van der Waals surface area contributed by atoms with Crippen molar-refractivity contribution in [2.75, 3.05) is 13.1 Å². The molecule has 0 saturated carbocycles. The van der Waals surface area contributed by atoms with Gasteiger partial charge in [-0.15, -0.1) is 0 Å². The van der Waals surface area contributed by atoms with Crippen LogP contribution in [0.1, 0.15) is 32.3 Å². The Kier molecular flexibility index (Phi) is 6.02. The first-order valence-corrected chi connectivity index (χ1v) is 9.70. The van der Waals surface area contributed by atoms with E-state index in [0.717, 1.165) is 19.5 Å². The number of fused-ring (bicyclic) bond motifs is 1. The summed E-state index contributed by atoms with van der Waals surface area (Å²) < 4.78 is 0. The lowest BCUT2D eigenvalue weighted by molar-refractivity contribution is -0.132. The second-order valence-corrected chi connectivity index (χ2v) is 8.28. The third-order valence-electron chi connectivity index (χ3n) is 4.76. The van der Waals surface area contributed by atoms with Crippen LogP contribution in [-0.2, 0) is 11.3 Å². The molecule has 25 heavy (non-hydrogen) atoms. The van der Waals surface area contributed by atoms with Gasteiger partial charge < -0.3 is 10.2 Å². The Morgan fingerprint density at radius 1 is 1.24 bits per heavy atom. The van der Waals surface area contributed by atoms with Gasteiger partial charge in [0.05, 0.1) is 0 Å². The highest BCUT2D eigenvalue weighted by atomic mass is 32.1. The van der Waals surface area contributed by atoms with Crippen molar-refractivity contribution in [3.05, 3.63) is 48.0 Å². The first kappa shape index (κ1) is 18.3. The number of thiol groups is 1. The minimum absolute atomic E-state index is 0.243. The number of hydrogen-bond donors (Lipinski definition) is 2. The molecule has 0 unspecified atom stereocenters. The van der Waals surface area contributed by atoms with Crippen LogP contribution in [0.3, 0.4) is 0 Å². The number of hydrogen-bond acceptors (Lipinski definition) is 3. The summed E-state index contributed by atoms with van der Waals surface area (Å²) in [4.78, 5) is 14.8. The maximum atomic E-state index is 12.8. The molecular formula is C21H28N2OS. The Morgan fingerprint density at radius 2 is 2.00 bits per heavy atom. The topological polar surface area (TPSA) is 32.3 Å². The summed E-state index contributed by atoms with van der Waals surface area (Å²) in [5.74, 6) is 0.619. The molecule has 3 nitrogen and oxygen atoms in total. The first-order chi connectivity index (χ1) is 12.0. The van der Waals surface area contributed by atoms with E-state index in [0.29, 0.717) is 30.2 Å². The van der Waals surface area contributed by atoms with Gasteiger partial charge in [0.25, 0.3) is 0 Å². The van der Waals surface area contributed by atoms with Crippen molar-refractivity contribution in [1.29, 1.82) is 0 Å². The number of carbonyl (C=O) groups is 1. The highest BCUT2D eigenvalue weighted by molar-refractivity contribution is 7.81. The summed E-state index contributed by atoms with van der Waals surface area (Å²) in [6, 6.07) is 15.2. The lowest BCUT2D eigenvalue weighted by Crippen LogP contribution is -2.41. The van der Waals surface area contributed by atoms with E-state index < -0.39 is 0 Å².